The molecule has 7 aromatic rings. The lowest BCUT2D eigenvalue weighted by Crippen LogP contribution is -2.40. The first-order valence-corrected chi connectivity index (χ1v) is 19.9. The van der Waals surface area contributed by atoms with Crippen molar-refractivity contribution in [2.24, 2.45) is 0 Å². The summed E-state index contributed by atoms with van der Waals surface area (Å²) in [5.74, 6) is 3.44. The van der Waals surface area contributed by atoms with Gasteiger partial charge in [-0.15, -0.1) is 0 Å². The molecule has 5 aromatic carbocycles. The van der Waals surface area contributed by atoms with E-state index in [4.69, 9.17) is 24.7 Å². The van der Waals surface area contributed by atoms with Gasteiger partial charge in [-0.05, 0) is 76.6 Å². The fourth-order valence-electron chi connectivity index (χ4n) is 8.90. The van der Waals surface area contributed by atoms with Gasteiger partial charge >= 0.3 is 0 Å². The quantitative estimate of drug-likeness (QED) is 0.170. The molecule has 0 spiro atoms. The van der Waals surface area contributed by atoms with Crippen LogP contribution in [0.2, 0.25) is 0 Å². The van der Waals surface area contributed by atoms with Gasteiger partial charge in [0.2, 0.25) is 0 Å². The maximum Gasteiger partial charge on any atom is 0.163 e. The van der Waals surface area contributed by atoms with E-state index in [1.165, 1.54) is 21.9 Å². The Hall–Kier alpha value is -6.98. The Labute approximate surface area is 331 Å². The fraction of sp³-hybridized carbons (Fsp3) is 0.115. The maximum absolute atomic E-state index is 6.70. The van der Waals surface area contributed by atoms with Crippen LogP contribution in [0.15, 0.2) is 170 Å². The van der Waals surface area contributed by atoms with E-state index in [0.717, 1.165) is 86.3 Å². The lowest BCUT2D eigenvalue weighted by atomic mass is 9.78. The van der Waals surface area contributed by atoms with E-state index >= 15 is 0 Å². The normalized spacial score (nSPS) is 19.0. The van der Waals surface area contributed by atoms with Crippen molar-refractivity contribution in [2.75, 3.05) is 0 Å². The molecule has 2 aromatic heterocycles. The van der Waals surface area contributed by atoms with Crippen LogP contribution in [0.25, 0.3) is 61.9 Å². The third-order valence-electron chi connectivity index (χ3n) is 11.7. The van der Waals surface area contributed by atoms with Crippen LogP contribution < -0.4 is 15.2 Å². The Kier molecular flexibility index (Phi) is 8.17. The van der Waals surface area contributed by atoms with E-state index in [1.807, 2.05) is 0 Å². The Balaban J connectivity index is 1.02. The molecule has 3 unspecified atom stereocenters. The average molecular weight is 735 g/mol. The molecule has 272 valence electrons. The molecule has 0 saturated heterocycles. The van der Waals surface area contributed by atoms with Gasteiger partial charge in [0.15, 0.2) is 11.6 Å². The van der Waals surface area contributed by atoms with Gasteiger partial charge in [-0.3, -0.25) is 0 Å². The smallest absolute Gasteiger partial charge is 0.163 e. The van der Waals surface area contributed by atoms with Crippen molar-refractivity contribution in [2.45, 2.75) is 37.2 Å². The van der Waals surface area contributed by atoms with Gasteiger partial charge in [0, 0.05) is 33.2 Å². The van der Waals surface area contributed by atoms with Crippen molar-refractivity contribution in [3.05, 3.63) is 203 Å². The summed E-state index contributed by atoms with van der Waals surface area (Å²) in [4.78, 5) is 20.5. The molecule has 0 fully saturated rings. The zero-order chi connectivity index (χ0) is 37.7. The highest BCUT2D eigenvalue weighted by molar-refractivity contribution is 5.91. The third-order valence-corrected chi connectivity index (χ3v) is 11.7. The number of nitrogens with zero attached hydrogens (tertiary/aromatic N) is 4. The topological polar surface area (TPSA) is 60.8 Å². The summed E-state index contributed by atoms with van der Waals surface area (Å²) in [6.07, 6.45) is 20.0. The number of rotatable bonds is 6. The highest BCUT2D eigenvalue weighted by Gasteiger charge is 2.39. The third kappa shape index (κ3) is 5.94. The standard InChI is InChI=1S/C52H38N4O/c1-4-15-34(16-5-1)46-47-40-23-10-12-25-43(40)53-49(42(47)32-45-48(46)41-24-11-13-26-44(41)57-45)35-29-27-33(28-30-35)38-21-14-22-39(31-38)52-55-50(36-17-6-2-7-18-36)54-51(56-52)37-19-8-3-9-20-37/h1-8,10-17,19,21-32,36,45,48H,9,18,20H2. The minimum atomic E-state index is -0.137. The van der Waals surface area contributed by atoms with Gasteiger partial charge in [0.25, 0.3) is 0 Å². The summed E-state index contributed by atoms with van der Waals surface area (Å²) >= 11 is 0. The predicted molar refractivity (Wildman–Crippen MR) is 230 cm³/mol. The lowest BCUT2D eigenvalue weighted by Gasteiger charge is -2.26. The van der Waals surface area contributed by atoms with Crippen LogP contribution in [0.5, 0.6) is 5.75 Å². The van der Waals surface area contributed by atoms with Crippen LogP contribution >= 0.6 is 0 Å². The monoisotopic (exact) mass is 734 g/mol. The minimum Gasteiger partial charge on any atom is -0.485 e. The number of pyridine rings is 1. The molecule has 0 bridgehead atoms. The summed E-state index contributed by atoms with van der Waals surface area (Å²) in [6, 6.07) is 45.2. The van der Waals surface area contributed by atoms with Crippen molar-refractivity contribution in [3.63, 3.8) is 0 Å². The number of benzene rings is 5. The van der Waals surface area contributed by atoms with E-state index in [-0.39, 0.29) is 17.9 Å². The number of para-hydroxylation sites is 2. The highest BCUT2D eigenvalue weighted by Crippen LogP contribution is 2.46. The van der Waals surface area contributed by atoms with E-state index in [9.17, 15) is 0 Å². The Morgan fingerprint density at radius 1 is 0.596 bits per heavy atom. The number of hydrogen-bond acceptors (Lipinski definition) is 5. The molecule has 5 nitrogen and oxygen atoms in total. The zero-order valence-corrected chi connectivity index (χ0v) is 31.3. The van der Waals surface area contributed by atoms with E-state index in [0.29, 0.717) is 5.82 Å². The molecule has 3 heterocycles. The van der Waals surface area contributed by atoms with Gasteiger partial charge in [-0.1, -0.05) is 152 Å². The Morgan fingerprint density at radius 2 is 1.39 bits per heavy atom. The molecule has 0 saturated carbocycles. The predicted octanol–water partition coefficient (Wildman–Crippen LogP) is 10.3. The first-order valence-electron chi connectivity index (χ1n) is 19.9. The van der Waals surface area contributed by atoms with E-state index in [1.54, 1.807) is 0 Å². The summed E-state index contributed by atoms with van der Waals surface area (Å²) < 4.78 is 6.70. The van der Waals surface area contributed by atoms with Crippen molar-refractivity contribution in [1.82, 2.24) is 19.9 Å². The van der Waals surface area contributed by atoms with Crippen LogP contribution in [0.1, 0.15) is 53.9 Å². The zero-order valence-electron chi connectivity index (χ0n) is 31.3. The molecule has 1 aliphatic heterocycles. The largest absolute Gasteiger partial charge is 0.485 e. The molecule has 0 amide bonds. The second kappa shape index (κ2) is 13.9. The summed E-state index contributed by atoms with van der Waals surface area (Å²) in [6.45, 7) is 0. The molecule has 3 aliphatic carbocycles. The first kappa shape index (κ1) is 33.4. The van der Waals surface area contributed by atoms with E-state index < -0.39 is 0 Å². The van der Waals surface area contributed by atoms with Crippen molar-refractivity contribution in [1.29, 1.82) is 0 Å². The number of fused-ring (bicyclic) bond motifs is 6. The molecular weight excluding hydrogens is 697 g/mol. The maximum atomic E-state index is 6.70. The van der Waals surface area contributed by atoms with Crippen LogP contribution in [-0.2, 0) is 0 Å². The lowest BCUT2D eigenvalue weighted by molar-refractivity contribution is 0.286. The molecule has 5 heteroatoms. The number of ether oxygens (including phenoxy) is 1. The molecule has 3 atom stereocenters. The number of hydrogen-bond donors (Lipinski definition) is 0. The second-order valence-corrected chi connectivity index (χ2v) is 15.1. The van der Waals surface area contributed by atoms with Gasteiger partial charge < -0.3 is 4.74 Å². The SMILES string of the molecule is C1=CCCC(c2nc(-c3cccc(-c4ccc(-c5nc6ccccc6c6c5=CC5Oc7ccccc7C5C=6c5ccccc5)cc4)c3)nc(C3C=CC=CC3)n2)=C1. The minimum absolute atomic E-state index is 0.0770. The van der Waals surface area contributed by atoms with E-state index in [2.05, 4.69) is 176 Å². The first-order chi connectivity index (χ1) is 28.2. The Bertz CT molecular complexity index is 2980. The fourth-order valence-corrected chi connectivity index (χ4v) is 8.90. The second-order valence-electron chi connectivity index (χ2n) is 15.1. The summed E-state index contributed by atoms with van der Waals surface area (Å²) in [7, 11) is 0. The molecule has 4 aliphatic rings. The molecule has 57 heavy (non-hydrogen) atoms. The number of allylic oxidation sites excluding steroid dienone is 8. The van der Waals surface area contributed by atoms with Crippen molar-refractivity contribution in [3.8, 4) is 39.5 Å². The van der Waals surface area contributed by atoms with Crippen molar-refractivity contribution >= 4 is 28.1 Å². The van der Waals surface area contributed by atoms with Crippen molar-refractivity contribution < 1.29 is 4.74 Å². The van der Waals surface area contributed by atoms with Gasteiger partial charge in [0.1, 0.15) is 17.7 Å². The van der Waals surface area contributed by atoms with Crippen LogP contribution in [-0.4, -0.2) is 26.0 Å². The van der Waals surface area contributed by atoms with Gasteiger partial charge in [-0.2, -0.15) is 0 Å². The van der Waals surface area contributed by atoms with Gasteiger partial charge in [-0.25, -0.2) is 19.9 Å². The highest BCUT2D eigenvalue weighted by atomic mass is 16.5. The molecule has 0 N–H and O–H groups in total. The van der Waals surface area contributed by atoms with Gasteiger partial charge in [0.05, 0.1) is 17.1 Å². The van der Waals surface area contributed by atoms with Crippen LogP contribution in [0.4, 0.5) is 0 Å². The molecular formula is C52H38N4O. The van der Waals surface area contributed by atoms with Crippen LogP contribution in [0, 0.1) is 0 Å². The molecule has 0 radical (unpaired) electrons. The van der Waals surface area contributed by atoms with Crippen LogP contribution in [0.3, 0.4) is 0 Å². The average Bonchev–Trinajstić information content (AvgIpc) is 3.67. The summed E-state index contributed by atoms with van der Waals surface area (Å²) in [5.41, 5.74) is 11.1. The number of aromatic nitrogens is 4. The Morgan fingerprint density at radius 3 is 2.25 bits per heavy atom. The molecule has 11 rings (SSSR count). The summed E-state index contributed by atoms with van der Waals surface area (Å²) in [5, 5.41) is 3.50.